The predicted octanol–water partition coefficient (Wildman–Crippen LogP) is 1.16. The average molecular weight is 211 g/mol. The zero-order valence-electron chi connectivity index (χ0n) is 8.74. The van der Waals surface area contributed by atoms with E-state index in [-0.39, 0.29) is 17.9 Å². The zero-order chi connectivity index (χ0) is 10.8. The summed E-state index contributed by atoms with van der Waals surface area (Å²) in [4.78, 5) is 22.0. The van der Waals surface area contributed by atoms with Gasteiger partial charge in [0.2, 0.25) is 5.91 Å². The highest BCUT2D eigenvalue weighted by Crippen LogP contribution is 2.30. The molecule has 2 saturated carbocycles. The normalized spacial score (nSPS) is 30.1. The molecule has 2 rings (SSSR count). The van der Waals surface area contributed by atoms with Crippen molar-refractivity contribution >= 4 is 11.9 Å². The Kier molecular flexibility index (Phi) is 2.93. The Hall–Kier alpha value is -1.06. The number of carboxylic acids is 1. The summed E-state index contributed by atoms with van der Waals surface area (Å²) in [6.45, 7) is 0. The van der Waals surface area contributed by atoms with E-state index in [1.54, 1.807) is 0 Å². The van der Waals surface area contributed by atoms with Crippen LogP contribution in [0.5, 0.6) is 0 Å². The Morgan fingerprint density at radius 2 is 1.93 bits per heavy atom. The SMILES string of the molecule is O=C(CC1CCC1)NC1CC(C(=O)O)C1. The van der Waals surface area contributed by atoms with Crippen molar-refractivity contribution in [2.24, 2.45) is 11.8 Å². The Morgan fingerprint density at radius 1 is 1.27 bits per heavy atom. The van der Waals surface area contributed by atoms with Gasteiger partial charge >= 0.3 is 5.97 Å². The largest absolute Gasteiger partial charge is 0.481 e. The molecule has 1 amide bonds. The molecule has 15 heavy (non-hydrogen) atoms. The Labute approximate surface area is 89.0 Å². The van der Waals surface area contributed by atoms with E-state index >= 15 is 0 Å². The summed E-state index contributed by atoms with van der Waals surface area (Å²) in [7, 11) is 0. The molecule has 0 radical (unpaired) electrons. The first-order chi connectivity index (χ1) is 7.15. The van der Waals surface area contributed by atoms with E-state index < -0.39 is 5.97 Å². The minimum atomic E-state index is -0.737. The minimum absolute atomic E-state index is 0.105. The first kappa shape index (κ1) is 10.5. The molecule has 0 saturated heterocycles. The third-order valence-electron chi connectivity index (χ3n) is 3.55. The molecular weight excluding hydrogens is 194 g/mol. The number of carbonyl (C=O) groups is 2. The molecule has 2 N–H and O–H groups in total. The van der Waals surface area contributed by atoms with Gasteiger partial charge in [0.15, 0.2) is 0 Å². The molecule has 4 heteroatoms. The van der Waals surface area contributed by atoms with Crippen molar-refractivity contribution in [3.05, 3.63) is 0 Å². The summed E-state index contributed by atoms with van der Waals surface area (Å²) in [6, 6.07) is 0.110. The number of carboxylic acid groups (broad SMARTS) is 1. The van der Waals surface area contributed by atoms with E-state index in [1.807, 2.05) is 0 Å². The van der Waals surface area contributed by atoms with Crippen LogP contribution in [0, 0.1) is 11.8 Å². The topological polar surface area (TPSA) is 66.4 Å². The summed E-state index contributed by atoms with van der Waals surface area (Å²) in [5.41, 5.74) is 0. The fourth-order valence-corrected chi connectivity index (χ4v) is 2.18. The molecule has 2 fully saturated rings. The van der Waals surface area contributed by atoms with E-state index in [1.165, 1.54) is 19.3 Å². The maximum atomic E-state index is 11.5. The van der Waals surface area contributed by atoms with Crippen LogP contribution in [0.25, 0.3) is 0 Å². The lowest BCUT2D eigenvalue weighted by atomic mass is 9.79. The van der Waals surface area contributed by atoms with Crippen LogP contribution in [0.15, 0.2) is 0 Å². The molecule has 2 aliphatic rings. The van der Waals surface area contributed by atoms with Crippen LogP contribution in [0.2, 0.25) is 0 Å². The highest BCUT2D eigenvalue weighted by atomic mass is 16.4. The monoisotopic (exact) mass is 211 g/mol. The number of amides is 1. The van der Waals surface area contributed by atoms with Crippen LogP contribution < -0.4 is 5.32 Å². The maximum absolute atomic E-state index is 11.5. The van der Waals surface area contributed by atoms with Crippen molar-refractivity contribution in [3.8, 4) is 0 Å². The molecular formula is C11H17NO3. The first-order valence-electron chi connectivity index (χ1n) is 5.67. The summed E-state index contributed by atoms with van der Waals surface area (Å²) < 4.78 is 0. The molecule has 0 bridgehead atoms. The van der Waals surface area contributed by atoms with E-state index in [9.17, 15) is 9.59 Å². The lowest BCUT2D eigenvalue weighted by molar-refractivity contribution is -0.146. The van der Waals surface area contributed by atoms with Gasteiger partial charge in [0.1, 0.15) is 0 Å². The standard InChI is InChI=1S/C11H17NO3/c13-10(4-7-2-1-3-7)12-9-5-8(6-9)11(14)15/h7-9H,1-6H2,(H,12,13)(H,14,15). The lowest BCUT2D eigenvalue weighted by Gasteiger charge is -2.34. The van der Waals surface area contributed by atoms with Crippen LogP contribution in [0.4, 0.5) is 0 Å². The van der Waals surface area contributed by atoms with Gasteiger partial charge in [-0.25, -0.2) is 0 Å². The highest BCUT2D eigenvalue weighted by Gasteiger charge is 2.35. The van der Waals surface area contributed by atoms with Gasteiger partial charge in [0, 0.05) is 12.5 Å². The van der Waals surface area contributed by atoms with Crippen LogP contribution in [0.3, 0.4) is 0 Å². The quantitative estimate of drug-likeness (QED) is 0.733. The molecule has 0 unspecified atom stereocenters. The van der Waals surface area contributed by atoms with Crippen LogP contribution in [-0.2, 0) is 9.59 Å². The summed E-state index contributed by atoms with van der Waals surface area (Å²) in [6.07, 6.45) is 5.44. The van der Waals surface area contributed by atoms with Gasteiger partial charge in [0.25, 0.3) is 0 Å². The second kappa shape index (κ2) is 4.21. The third-order valence-corrected chi connectivity index (χ3v) is 3.55. The molecule has 0 aromatic heterocycles. The Morgan fingerprint density at radius 3 is 2.40 bits per heavy atom. The van der Waals surface area contributed by atoms with Gasteiger partial charge in [0.05, 0.1) is 5.92 Å². The Bertz CT molecular complexity index is 267. The molecule has 0 aromatic carbocycles. The first-order valence-corrected chi connectivity index (χ1v) is 5.67. The van der Waals surface area contributed by atoms with Gasteiger partial charge in [-0.2, -0.15) is 0 Å². The molecule has 0 heterocycles. The fraction of sp³-hybridized carbons (Fsp3) is 0.818. The Balaban J connectivity index is 1.61. The van der Waals surface area contributed by atoms with E-state index in [0.29, 0.717) is 25.2 Å². The molecule has 0 spiro atoms. The molecule has 0 atom stereocenters. The number of hydrogen-bond donors (Lipinski definition) is 2. The van der Waals surface area contributed by atoms with Gasteiger partial charge < -0.3 is 10.4 Å². The maximum Gasteiger partial charge on any atom is 0.306 e. The van der Waals surface area contributed by atoms with Gasteiger partial charge in [-0.05, 0) is 31.6 Å². The number of rotatable bonds is 4. The van der Waals surface area contributed by atoms with Gasteiger partial charge in [-0.15, -0.1) is 0 Å². The predicted molar refractivity (Wildman–Crippen MR) is 54.2 cm³/mol. The lowest BCUT2D eigenvalue weighted by Crippen LogP contribution is -2.47. The number of aliphatic carboxylic acids is 1. The summed E-state index contributed by atoms with van der Waals surface area (Å²) in [5, 5.41) is 11.6. The van der Waals surface area contributed by atoms with E-state index in [2.05, 4.69) is 5.32 Å². The average Bonchev–Trinajstić information content (AvgIpc) is 2.02. The third kappa shape index (κ3) is 2.49. The molecule has 0 aromatic rings. The smallest absolute Gasteiger partial charge is 0.306 e. The molecule has 84 valence electrons. The van der Waals surface area contributed by atoms with E-state index in [0.717, 1.165) is 0 Å². The highest BCUT2D eigenvalue weighted by molar-refractivity contribution is 5.77. The summed E-state index contributed by atoms with van der Waals surface area (Å²) in [5.74, 6) is -0.285. The minimum Gasteiger partial charge on any atom is -0.481 e. The number of carbonyl (C=O) groups excluding carboxylic acids is 1. The summed E-state index contributed by atoms with van der Waals surface area (Å²) >= 11 is 0. The van der Waals surface area contributed by atoms with Crippen molar-refractivity contribution in [1.29, 1.82) is 0 Å². The number of nitrogens with one attached hydrogen (secondary N) is 1. The van der Waals surface area contributed by atoms with E-state index in [4.69, 9.17) is 5.11 Å². The van der Waals surface area contributed by atoms with Crippen molar-refractivity contribution in [2.45, 2.75) is 44.6 Å². The molecule has 0 aliphatic heterocycles. The fourth-order valence-electron chi connectivity index (χ4n) is 2.18. The van der Waals surface area contributed by atoms with Crippen LogP contribution >= 0.6 is 0 Å². The van der Waals surface area contributed by atoms with Crippen molar-refractivity contribution in [1.82, 2.24) is 5.32 Å². The second-order valence-electron chi connectivity index (χ2n) is 4.77. The van der Waals surface area contributed by atoms with Crippen LogP contribution in [0.1, 0.15) is 38.5 Å². The second-order valence-corrected chi connectivity index (χ2v) is 4.77. The van der Waals surface area contributed by atoms with Crippen molar-refractivity contribution in [2.75, 3.05) is 0 Å². The zero-order valence-corrected chi connectivity index (χ0v) is 8.74. The van der Waals surface area contributed by atoms with Gasteiger partial charge in [-0.1, -0.05) is 6.42 Å². The van der Waals surface area contributed by atoms with Crippen molar-refractivity contribution < 1.29 is 14.7 Å². The number of hydrogen-bond acceptors (Lipinski definition) is 2. The van der Waals surface area contributed by atoms with Gasteiger partial charge in [-0.3, -0.25) is 9.59 Å². The van der Waals surface area contributed by atoms with Crippen molar-refractivity contribution in [3.63, 3.8) is 0 Å². The molecule has 2 aliphatic carbocycles. The van der Waals surface area contributed by atoms with Crippen LogP contribution in [-0.4, -0.2) is 23.0 Å². The molecule has 4 nitrogen and oxygen atoms in total.